The molecule has 1 amide bonds. The van der Waals surface area contributed by atoms with Gasteiger partial charge in [-0.1, -0.05) is 58.4 Å². The number of hydrogen-bond acceptors (Lipinski definition) is 3. The van der Waals surface area contributed by atoms with E-state index in [9.17, 15) is 9.59 Å². The summed E-state index contributed by atoms with van der Waals surface area (Å²) in [5.74, 6) is 0.255. The first kappa shape index (κ1) is 15.7. The summed E-state index contributed by atoms with van der Waals surface area (Å²) in [6.45, 7) is 0. The van der Waals surface area contributed by atoms with Crippen LogP contribution in [-0.4, -0.2) is 23.1 Å². The third-order valence-corrected chi connectivity index (χ3v) is 4.15. The topological polar surface area (TPSA) is 55.4 Å². The Kier molecular flexibility index (Phi) is 4.76. The van der Waals surface area contributed by atoms with Crippen LogP contribution in [0, 0.1) is 0 Å². The summed E-state index contributed by atoms with van der Waals surface area (Å²) >= 11 is 3.24. The third kappa shape index (κ3) is 3.29. The Balaban J connectivity index is 1.97. The molecule has 2 aromatic carbocycles. The molecule has 0 spiro atoms. The highest BCUT2D eigenvalue weighted by atomic mass is 79.9. The van der Waals surface area contributed by atoms with Crippen molar-refractivity contribution in [1.29, 1.82) is 0 Å². The van der Waals surface area contributed by atoms with Crippen molar-refractivity contribution in [3.05, 3.63) is 65.7 Å². The number of alkyl halides is 1. The van der Waals surface area contributed by atoms with Crippen LogP contribution < -0.4 is 10.1 Å². The summed E-state index contributed by atoms with van der Waals surface area (Å²) in [4.78, 5) is 24.8. The van der Waals surface area contributed by atoms with Crippen molar-refractivity contribution in [1.82, 2.24) is 5.32 Å². The maximum Gasteiger partial charge on any atom is 0.221 e. The van der Waals surface area contributed by atoms with Crippen LogP contribution in [0.1, 0.15) is 28.4 Å². The molecule has 23 heavy (non-hydrogen) atoms. The molecule has 0 radical (unpaired) electrons. The first-order valence-corrected chi connectivity index (χ1v) is 8.53. The van der Waals surface area contributed by atoms with E-state index in [4.69, 9.17) is 4.74 Å². The molecule has 1 N–H and O–H groups in total. The predicted octanol–water partition coefficient (Wildman–Crippen LogP) is 3.27. The molecule has 0 aromatic heterocycles. The van der Waals surface area contributed by atoms with Gasteiger partial charge in [-0.3, -0.25) is 9.59 Å². The monoisotopic (exact) mass is 373 g/mol. The summed E-state index contributed by atoms with van der Waals surface area (Å²) in [5, 5.41) is 3.36. The van der Waals surface area contributed by atoms with Crippen molar-refractivity contribution < 1.29 is 14.3 Å². The van der Waals surface area contributed by atoms with Gasteiger partial charge in [-0.15, -0.1) is 0 Å². The van der Waals surface area contributed by atoms with Crippen molar-refractivity contribution in [2.45, 2.75) is 18.6 Å². The quantitative estimate of drug-likeness (QED) is 0.836. The number of amides is 1. The Hall–Kier alpha value is -2.14. The average molecular weight is 374 g/mol. The van der Waals surface area contributed by atoms with Crippen molar-refractivity contribution in [3.63, 3.8) is 0 Å². The van der Waals surface area contributed by atoms with Crippen LogP contribution in [0.25, 0.3) is 0 Å². The molecular weight excluding hydrogens is 358 g/mol. The van der Waals surface area contributed by atoms with Gasteiger partial charge in [0, 0.05) is 11.8 Å². The van der Waals surface area contributed by atoms with Crippen molar-refractivity contribution in [2.24, 2.45) is 0 Å². The third-order valence-electron chi connectivity index (χ3n) is 3.76. The fraction of sp³-hybridized carbons (Fsp3) is 0.222. The van der Waals surface area contributed by atoms with Gasteiger partial charge in [0.05, 0.1) is 5.56 Å². The van der Waals surface area contributed by atoms with Gasteiger partial charge in [0.15, 0.2) is 11.9 Å². The zero-order valence-corrected chi connectivity index (χ0v) is 14.0. The number of hydrogen-bond donors (Lipinski definition) is 1. The van der Waals surface area contributed by atoms with Gasteiger partial charge in [-0.25, -0.2) is 0 Å². The minimum Gasteiger partial charge on any atom is -0.482 e. The van der Waals surface area contributed by atoms with Gasteiger partial charge >= 0.3 is 0 Å². The molecule has 1 heterocycles. The molecule has 0 aliphatic carbocycles. The lowest BCUT2D eigenvalue weighted by atomic mass is 9.91. The van der Waals surface area contributed by atoms with E-state index in [0.29, 0.717) is 23.1 Å². The molecule has 0 fully saturated rings. The number of para-hydroxylation sites is 1. The van der Waals surface area contributed by atoms with Gasteiger partial charge in [0.2, 0.25) is 5.91 Å². The molecule has 3 rings (SSSR count). The number of Topliss-reactive ketones (excluding diaryl/α,β-unsaturated/α-hetero) is 1. The van der Waals surface area contributed by atoms with Gasteiger partial charge in [-0.2, -0.15) is 0 Å². The summed E-state index contributed by atoms with van der Waals surface area (Å²) in [6.07, 6.45) is -0.217. The lowest BCUT2D eigenvalue weighted by Crippen LogP contribution is -2.49. The molecule has 1 aliphatic rings. The first-order chi connectivity index (χ1) is 11.2. The highest BCUT2D eigenvalue weighted by Gasteiger charge is 2.38. The Morgan fingerprint density at radius 1 is 1.09 bits per heavy atom. The summed E-state index contributed by atoms with van der Waals surface area (Å²) in [7, 11) is 0. The number of halogens is 1. The van der Waals surface area contributed by atoms with Crippen LogP contribution in [0.3, 0.4) is 0 Å². The van der Waals surface area contributed by atoms with E-state index in [0.717, 1.165) is 5.56 Å². The number of ether oxygens (including phenoxy) is 1. The highest BCUT2D eigenvalue weighted by molar-refractivity contribution is 9.09. The van der Waals surface area contributed by atoms with Crippen LogP contribution in [-0.2, 0) is 4.79 Å². The minimum absolute atomic E-state index is 0.122. The number of carbonyl (C=O) groups excluding carboxylic acids is 2. The maximum atomic E-state index is 12.8. The summed E-state index contributed by atoms with van der Waals surface area (Å²) in [6, 6.07) is 15.9. The van der Waals surface area contributed by atoms with Crippen LogP contribution in [0.5, 0.6) is 5.75 Å². The number of rotatable bonds is 4. The molecule has 0 saturated heterocycles. The van der Waals surface area contributed by atoms with E-state index in [2.05, 4.69) is 21.2 Å². The van der Waals surface area contributed by atoms with Gasteiger partial charge in [-0.05, 0) is 17.7 Å². The molecule has 2 aromatic rings. The fourth-order valence-electron chi connectivity index (χ4n) is 2.66. The van der Waals surface area contributed by atoms with E-state index in [-0.39, 0.29) is 11.7 Å². The molecule has 0 saturated carbocycles. The van der Waals surface area contributed by atoms with Crippen LogP contribution >= 0.6 is 15.9 Å². The second kappa shape index (κ2) is 6.96. The number of benzene rings is 2. The Labute approximate surface area is 143 Å². The second-order valence-electron chi connectivity index (χ2n) is 5.29. The molecule has 118 valence electrons. The molecule has 0 bridgehead atoms. The van der Waals surface area contributed by atoms with E-state index in [1.54, 1.807) is 18.2 Å². The van der Waals surface area contributed by atoms with E-state index >= 15 is 0 Å². The molecule has 0 unspecified atom stereocenters. The lowest BCUT2D eigenvalue weighted by Gasteiger charge is -2.33. The smallest absolute Gasteiger partial charge is 0.221 e. The number of nitrogens with one attached hydrogen (secondary N) is 1. The Bertz CT molecular complexity index is 717. The molecular formula is C18H16BrNO3. The average Bonchev–Trinajstić information content (AvgIpc) is 2.58. The fourth-order valence-corrected chi connectivity index (χ4v) is 3.02. The van der Waals surface area contributed by atoms with E-state index in [1.807, 2.05) is 36.4 Å². The maximum absolute atomic E-state index is 12.8. The van der Waals surface area contributed by atoms with E-state index < -0.39 is 12.1 Å². The van der Waals surface area contributed by atoms with E-state index in [1.165, 1.54) is 0 Å². The zero-order valence-electron chi connectivity index (χ0n) is 12.4. The van der Waals surface area contributed by atoms with Crippen molar-refractivity contribution in [3.8, 4) is 5.75 Å². The highest BCUT2D eigenvalue weighted by Crippen LogP contribution is 2.35. The molecule has 5 heteroatoms. The molecule has 2 atom stereocenters. The van der Waals surface area contributed by atoms with Crippen LogP contribution in [0.2, 0.25) is 0 Å². The van der Waals surface area contributed by atoms with Gasteiger partial charge < -0.3 is 10.1 Å². The normalized spacial score (nSPS) is 19.6. The molecule has 1 aliphatic heterocycles. The largest absolute Gasteiger partial charge is 0.482 e. The number of fused-ring (bicyclic) bond motifs is 1. The minimum atomic E-state index is -0.723. The first-order valence-electron chi connectivity index (χ1n) is 7.41. The summed E-state index contributed by atoms with van der Waals surface area (Å²) < 4.78 is 6.03. The standard InChI is InChI=1S/C18H16BrNO3/c19-11-10-15(21)20-16-17(22)13-8-4-5-9-14(13)23-18(16)12-6-2-1-3-7-12/h1-9,16,18H,10-11H2,(H,20,21)/t16-,18+/m0/s1. The SMILES string of the molecule is O=C(CCBr)N[C@H]1C(=O)c2ccccc2O[C@@H]1c1ccccc1. The second-order valence-corrected chi connectivity index (χ2v) is 6.09. The Morgan fingerprint density at radius 2 is 1.78 bits per heavy atom. The van der Waals surface area contributed by atoms with Crippen molar-refractivity contribution >= 4 is 27.6 Å². The lowest BCUT2D eigenvalue weighted by molar-refractivity contribution is -0.121. The van der Waals surface area contributed by atoms with Gasteiger partial charge in [0.25, 0.3) is 0 Å². The van der Waals surface area contributed by atoms with Crippen molar-refractivity contribution in [2.75, 3.05) is 5.33 Å². The van der Waals surface area contributed by atoms with Crippen LogP contribution in [0.4, 0.5) is 0 Å². The predicted molar refractivity (Wildman–Crippen MR) is 90.9 cm³/mol. The van der Waals surface area contributed by atoms with Gasteiger partial charge in [0.1, 0.15) is 11.8 Å². The zero-order chi connectivity index (χ0) is 16.2. The number of carbonyl (C=O) groups is 2. The van der Waals surface area contributed by atoms with Crippen LogP contribution in [0.15, 0.2) is 54.6 Å². The molecule has 4 nitrogen and oxygen atoms in total. The Morgan fingerprint density at radius 3 is 2.52 bits per heavy atom. The number of ketones is 1. The summed E-state index contributed by atoms with van der Waals surface area (Å²) in [5.41, 5.74) is 1.36.